The third-order valence-corrected chi connectivity index (χ3v) is 5.48. The van der Waals surface area contributed by atoms with Crippen molar-refractivity contribution in [3.63, 3.8) is 0 Å². The summed E-state index contributed by atoms with van der Waals surface area (Å²) in [5.74, 6) is 2.65. The predicted octanol–water partition coefficient (Wildman–Crippen LogP) is 4.32. The van der Waals surface area contributed by atoms with Crippen molar-refractivity contribution in [2.45, 2.75) is 77.7 Å². The minimum atomic E-state index is -0.0971. The Morgan fingerprint density at radius 1 is 0.821 bits per heavy atom. The van der Waals surface area contributed by atoms with Crippen LogP contribution in [0.4, 0.5) is 17.6 Å². The second-order valence-electron chi connectivity index (χ2n) is 9.04. The Morgan fingerprint density at radius 3 is 1.64 bits per heavy atom. The Morgan fingerprint density at radius 2 is 1.25 bits per heavy atom. The lowest BCUT2D eigenvalue weighted by atomic mass is 10.1. The van der Waals surface area contributed by atoms with Crippen molar-refractivity contribution in [2.24, 2.45) is 0 Å². The molecular formula is C21H36N6S. The summed E-state index contributed by atoms with van der Waals surface area (Å²) in [7, 11) is 0. The molecule has 0 aliphatic carbocycles. The maximum absolute atomic E-state index is 5.50. The highest BCUT2D eigenvalue weighted by Crippen LogP contribution is 2.25. The summed E-state index contributed by atoms with van der Waals surface area (Å²) in [4.78, 5) is 14.5. The Bertz CT molecular complexity index is 603. The molecule has 0 aromatic carbocycles. The van der Waals surface area contributed by atoms with Gasteiger partial charge in [-0.05, 0) is 58.7 Å². The fourth-order valence-corrected chi connectivity index (χ4v) is 4.27. The van der Waals surface area contributed by atoms with E-state index in [1.807, 2.05) is 0 Å². The van der Waals surface area contributed by atoms with Crippen molar-refractivity contribution in [3.8, 4) is 0 Å². The fourth-order valence-electron chi connectivity index (χ4n) is 3.87. The van der Waals surface area contributed by atoms with Gasteiger partial charge in [0, 0.05) is 37.8 Å². The lowest BCUT2D eigenvalue weighted by Crippen LogP contribution is -2.43. The first kappa shape index (κ1) is 21.1. The van der Waals surface area contributed by atoms with Gasteiger partial charge in [-0.15, -0.1) is 0 Å². The third kappa shape index (κ3) is 6.47. The van der Waals surface area contributed by atoms with Crippen LogP contribution in [0, 0.1) is 0 Å². The Balaban J connectivity index is 1.85. The first-order chi connectivity index (χ1) is 13.4. The average Bonchev–Trinajstić information content (AvgIpc) is 3.05. The molecule has 2 N–H and O–H groups in total. The molecule has 3 heterocycles. The van der Waals surface area contributed by atoms with E-state index < -0.39 is 0 Å². The molecule has 1 aromatic rings. The van der Waals surface area contributed by atoms with Crippen molar-refractivity contribution in [1.82, 2.24) is 15.3 Å². The van der Waals surface area contributed by atoms with E-state index in [0.717, 1.165) is 37.8 Å². The first-order valence-corrected chi connectivity index (χ1v) is 11.3. The van der Waals surface area contributed by atoms with Gasteiger partial charge in [-0.1, -0.05) is 25.7 Å². The van der Waals surface area contributed by atoms with E-state index in [9.17, 15) is 0 Å². The standard InChI is InChI=1S/C21H36N6S/c1-21(2,3)25-20(28)24-19-22-17(26-12-8-4-5-9-13-26)16-18(23-19)27-14-10-6-7-11-15-27/h16H,4-15H2,1-3H3,(H2,22,23,24,25,28). The van der Waals surface area contributed by atoms with E-state index in [1.165, 1.54) is 51.4 Å². The molecule has 0 unspecified atom stereocenters. The lowest BCUT2D eigenvalue weighted by Gasteiger charge is -2.27. The second kappa shape index (κ2) is 9.72. The SMILES string of the molecule is CC(C)(C)NC(=S)Nc1nc(N2CCCCCC2)cc(N2CCCCCC2)n1. The lowest BCUT2D eigenvalue weighted by molar-refractivity contribution is 0.514. The maximum Gasteiger partial charge on any atom is 0.232 e. The topological polar surface area (TPSA) is 56.3 Å². The number of hydrogen-bond donors (Lipinski definition) is 2. The summed E-state index contributed by atoms with van der Waals surface area (Å²) in [5, 5.41) is 7.10. The number of hydrogen-bond acceptors (Lipinski definition) is 5. The summed E-state index contributed by atoms with van der Waals surface area (Å²) < 4.78 is 0. The summed E-state index contributed by atoms with van der Waals surface area (Å²) in [6.45, 7) is 10.6. The highest BCUT2D eigenvalue weighted by molar-refractivity contribution is 7.80. The molecule has 0 spiro atoms. The Labute approximate surface area is 175 Å². The average molecular weight is 405 g/mol. The molecule has 2 fully saturated rings. The van der Waals surface area contributed by atoms with E-state index in [0.29, 0.717) is 11.1 Å². The number of anilines is 3. The van der Waals surface area contributed by atoms with Crippen molar-refractivity contribution in [2.75, 3.05) is 41.3 Å². The van der Waals surface area contributed by atoms with Crippen LogP contribution < -0.4 is 20.4 Å². The van der Waals surface area contributed by atoms with Crippen LogP contribution in [-0.2, 0) is 0 Å². The number of aromatic nitrogens is 2. The van der Waals surface area contributed by atoms with E-state index in [4.69, 9.17) is 22.2 Å². The van der Waals surface area contributed by atoms with Gasteiger partial charge in [-0.2, -0.15) is 9.97 Å². The van der Waals surface area contributed by atoms with Crippen molar-refractivity contribution >= 4 is 34.9 Å². The predicted molar refractivity (Wildman–Crippen MR) is 123 cm³/mol. The molecule has 3 rings (SSSR count). The Hall–Kier alpha value is -1.63. The Kier molecular flexibility index (Phi) is 7.32. The van der Waals surface area contributed by atoms with Gasteiger partial charge in [0.05, 0.1) is 0 Å². The molecule has 1 aromatic heterocycles. The fraction of sp³-hybridized carbons (Fsp3) is 0.762. The van der Waals surface area contributed by atoms with E-state index in [-0.39, 0.29) is 5.54 Å². The highest BCUT2D eigenvalue weighted by atomic mass is 32.1. The summed E-state index contributed by atoms with van der Waals surface area (Å²) in [6.07, 6.45) is 10.2. The molecule has 0 amide bonds. The minimum Gasteiger partial charge on any atom is -0.358 e. The zero-order chi connectivity index (χ0) is 20.0. The number of thiocarbonyl (C=S) groups is 1. The third-order valence-electron chi connectivity index (χ3n) is 5.27. The van der Waals surface area contributed by atoms with Crippen LogP contribution in [0.1, 0.15) is 72.1 Å². The molecule has 2 aliphatic rings. The van der Waals surface area contributed by atoms with Gasteiger partial charge in [0.15, 0.2) is 5.11 Å². The van der Waals surface area contributed by atoms with Crippen molar-refractivity contribution in [1.29, 1.82) is 0 Å². The van der Waals surface area contributed by atoms with Gasteiger partial charge in [0.25, 0.3) is 0 Å². The van der Waals surface area contributed by atoms with Crippen LogP contribution >= 0.6 is 12.2 Å². The van der Waals surface area contributed by atoms with Gasteiger partial charge in [0.1, 0.15) is 11.6 Å². The van der Waals surface area contributed by atoms with Gasteiger partial charge in [-0.25, -0.2) is 0 Å². The molecule has 0 atom stereocenters. The molecular weight excluding hydrogens is 368 g/mol. The van der Waals surface area contributed by atoms with Crippen LogP contribution in [0.15, 0.2) is 6.07 Å². The minimum absolute atomic E-state index is 0.0971. The van der Waals surface area contributed by atoms with Gasteiger partial charge >= 0.3 is 0 Å². The van der Waals surface area contributed by atoms with E-state index >= 15 is 0 Å². The van der Waals surface area contributed by atoms with E-state index in [2.05, 4.69) is 47.3 Å². The van der Waals surface area contributed by atoms with E-state index in [1.54, 1.807) is 0 Å². The number of nitrogens with zero attached hydrogens (tertiary/aromatic N) is 4. The highest BCUT2D eigenvalue weighted by Gasteiger charge is 2.19. The van der Waals surface area contributed by atoms with Gasteiger partial charge in [-0.3, -0.25) is 0 Å². The van der Waals surface area contributed by atoms with Crippen molar-refractivity contribution in [3.05, 3.63) is 6.07 Å². The molecule has 2 saturated heterocycles. The van der Waals surface area contributed by atoms with Crippen LogP contribution in [0.3, 0.4) is 0 Å². The normalized spacial score (nSPS) is 19.0. The number of rotatable bonds is 3. The van der Waals surface area contributed by atoms with Crippen LogP contribution in [0.5, 0.6) is 0 Å². The molecule has 6 nitrogen and oxygen atoms in total. The first-order valence-electron chi connectivity index (χ1n) is 10.9. The molecule has 0 radical (unpaired) electrons. The molecule has 0 saturated carbocycles. The largest absolute Gasteiger partial charge is 0.358 e. The van der Waals surface area contributed by atoms with Crippen LogP contribution in [0.25, 0.3) is 0 Å². The molecule has 0 bridgehead atoms. The van der Waals surface area contributed by atoms with Gasteiger partial charge < -0.3 is 20.4 Å². The molecule has 2 aliphatic heterocycles. The van der Waals surface area contributed by atoms with Crippen LogP contribution in [-0.4, -0.2) is 46.8 Å². The summed E-state index contributed by atoms with van der Waals surface area (Å²) >= 11 is 5.50. The zero-order valence-corrected chi connectivity index (χ0v) is 18.6. The quantitative estimate of drug-likeness (QED) is 0.728. The summed E-state index contributed by atoms with van der Waals surface area (Å²) in [6, 6.07) is 2.18. The summed E-state index contributed by atoms with van der Waals surface area (Å²) in [5.41, 5.74) is -0.0971. The van der Waals surface area contributed by atoms with Crippen LogP contribution in [0.2, 0.25) is 0 Å². The van der Waals surface area contributed by atoms with Gasteiger partial charge in [0.2, 0.25) is 5.95 Å². The maximum atomic E-state index is 5.50. The monoisotopic (exact) mass is 404 g/mol. The van der Waals surface area contributed by atoms with Crippen molar-refractivity contribution < 1.29 is 0 Å². The smallest absolute Gasteiger partial charge is 0.232 e. The molecule has 156 valence electrons. The number of nitrogens with one attached hydrogen (secondary N) is 2. The second-order valence-corrected chi connectivity index (χ2v) is 9.45. The molecule has 7 heteroatoms. The molecule has 28 heavy (non-hydrogen) atoms. The zero-order valence-electron chi connectivity index (χ0n) is 17.8.